The number of carbonyl (C=O) groups excluding carboxylic acids is 1. The van der Waals surface area contributed by atoms with Crippen molar-refractivity contribution in [3.8, 4) is 17.1 Å². The van der Waals surface area contributed by atoms with E-state index in [1.807, 2.05) is 24.3 Å². The molecule has 1 aliphatic carbocycles. The van der Waals surface area contributed by atoms with Gasteiger partial charge in [0.15, 0.2) is 16.9 Å². The molecule has 3 heterocycles. The third kappa shape index (κ3) is 3.74. The summed E-state index contributed by atoms with van der Waals surface area (Å²) < 4.78 is 22.0. The van der Waals surface area contributed by atoms with Crippen LogP contribution in [0.5, 0.6) is 5.75 Å². The van der Waals surface area contributed by atoms with Crippen molar-refractivity contribution < 1.29 is 13.9 Å². The first-order valence-corrected chi connectivity index (χ1v) is 11.9. The van der Waals surface area contributed by atoms with Gasteiger partial charge in [0, 0.05) is 23.1 Å². The summed E-state index contributed by atoms with van der Waals surface area (Å²) in [4.78, 5) is 25.0. The van der Waals surface area contributed by atoms with Gasteiger partial charge in [-0.15, -0.1) is 0 Å². The number of rotatable bonds is 4. The molecular weight excluding hydrogens is 515 g/mol. The highest BCUT2D eigenvalue weighted by Gasteiger charge is 2.40. The van der Waals surface area contributed by atoms with E-state index in [1.165, 1.54) is 12.1 Å². The van der Waals surface area contributed by atoms with Gasteiger partial charge in [-0.3, -0.25) is 4.68 Å². The minimum absolute atomic E-state index is 0.267. The topological polar surface area (TPSA) is 97.7 Å². The highest BCUT2D eigenvalue weighted by Crippen LogP contribution is 2.41. The Morgan fingerprint density at radius 2 is 2.03 bits per heavy atom. The standard InChI is InChI=1S/C25H20BrFN6O2/c1-33-19-11-16(27)7-8-17(19)21(32-33)18-12-28-23-22(30-18)20(13-29-23)35-24(34)31-25(9-2-10-25)14-3-5-15(26)6-4-14/h3-8,11-13H,2,9-10H2,1H3,(H,28,29)(H,31,34). The summed E-state index contributed by atoms with van der Waals surface area (Å²) in [5.41, 5.74) is 3.19. The predicted octanol–water partition coefficient (Wildman–Crippen LogP) is 5.58. The number of nitrogens with one attached hydrogen (secondary N) is 2. The first-order valence-electron chi connectivity index (χ1n) is 11.1. The van der Waals surface area contributed by atoms with Crippen molar-refractivity contribution in [1.29, 1.82) is 0 Å². The van der Waals surface area contributed by atoms with Crippen LogP contribution in [0.2, 0.25) is 0 Å². The van der Waals surface area contributed by atoms with Gasteiger partial charge in [0.05, 0.1) is 17.3 Å². The number of hydrogen-bond acceptors (Lipinski definition) is 5. The molecule has 0 spiro atoms. The Bertz CT molecular complexity index is 1590. The zero-order valence-corrected chi connectivity index (χ0v) is 20.3. The lowest BCUT2D eigenvalue weighted by molar-refractivity contribution is 0.149. The lowest BCUT2D eigenvalue weighted by atomic mass is 9.72. The summed E-state index contributed by atoms with van der Waals surface area (Å²) in [7, 11) is 1.74. The molecular formula is C25H20BrFN6O2. The number of fused-ring (bicyclic) bond motifs is 2. The maximum atomic E-state index is 13.7. The van der Waals surface area contributed by atoms with Crippen LogP contribution in [0.4, 0.5) is 9.18 Å². The Labute approximate surface area is 207 Å². The van der Waals surface area contributed by atoms with E-state index in [0.29, 0.717) is 28.1 Å². The van der Waals surface area contributed by atoms with Crippen LogP contribution in [0.25, 0.3) is 33.5 Å². The summed E-state index contributed by atoms with van der Waals surface area (Å²) in [5, 5.41) is 8.31. The molecule has 176 valence electrons. The van der Waals surface area contributed by atoms with Crippen molar-refractivity contribution in [3.63, 3.8) is 0 Å². The Hall–Kier alpha value is -3.79. The second-order valence-electron chi connectivity index (χ2n) is 8.70. The number of nitrogens with zero attached hydrogens (tertiary/aromatic N) is 4. The molecule has 10 heteroatoms. The average Bonchev–Trinajstić information content (AvgIpc) is 3.37. The molecule has 3 aromatic heterocycles. The minimum Gasteiger partial charge on any atom is -0.406 e. The molecule has 1 amide bonds. The summed E-state index contributed by atoms with van der Waals surface area (Å²) in [6, 6.07) is 12.4. The molecule has 0 atom stereocenters. The molecule has 2 aromatic carbocycles. The van der Waals surface area contributed by atoms with Crippen LogP contribution in [0.15, 0.2) is 59.3 Å². The number of amides is 1. The molecule has 6 rings (SSSR count). The van der Waals surface area contributed by atoms with Gasteiger partial charge in [-0.2, -0.15) is 5.10 Å². The smallest absolute Gasteiger partial charge is 0.406 e. The van der Waals surface area contributed by atoms with E-state index < -0.39 is 11.6 Å². The monoisotopic (exact) mass is 534 g/mol. The Morgan fingerprint density at radius 1 is 1.23 bits per heavy atom. The number of halogens is 2. The van der Waals surface area contributed by atoms with Crippen LogP contribution in [0, 0.1) is 5.82 Å². The van der Waals surface area contributed by atoms with Gasteiger partial charge in [-0.1, -0.05) is 28.1 Å². The zero-order chi connectivity index (χ0) is 24.2. The number of aromatic nitrogens is 5. The molecule has 0 bridgehead atoms. The van der Waals surface area contributed by atoms with Gasteiger partial charge in [0.25, 0.3) is 0 Å². The van der Waals surface area contributed by atoms with Crippen LogP contribution in [-0.4, -0.2) is 30.8 Å². The molecule has 35 heavy (non-hydrogen) atoms. The molecule has 1 aliphatic rings. The summed E-state index contributed by atoms with van der Waals surface area (Å²) in [5.74, 6) is -0.0725. The highest BCUT2D eigenvalue weighted by atomic mass is 79.9. The van der Waals surface area contributed by atoms with Crippen LogP contribution in [0.1, 0.15) is 24.8 Å². The molecule has 5 aromatic rings. The second-order valence-corrected chi connectivity index (χ2v) is 9.61. The number of benzene rings is 2. The molecule has 0 radical (unpaired) electrons. The quantitative estimate of drug-likeness (QED) is 0.313. The molecule has 8 nitrogen and oxygen atoms in total. The number of aryl methyl sites for hydroxylation is 1. The Morgan fingerprint density at radius 3 is 2.77 bits per heavy atom. The van der Waals surface area contributed by atoms with Crippen molar-refractivity contribution >= 4 is 44.1 Å². The van der Waals surface area contributed by atoms with E-state index in [1.54, 1.807) is 30.2 Å². The van der Waals surface area contributed by atoms with Gasteiger partial charge < -0.3 is 15.0 Å². The largest absolute Gasteiger partial charge is 0.413 e. The van der Waals surface area contributed by atoms with Crippen LogP contribution in [-0.2, 0) is 12.6 Å². The van der Waals surface area contributed by atoms with E-state index in [0.717, 1.165) is 34.7 Å². The Balaban J connectivity index is 1.30. The molecule has 0 saturated heterocycles. The number of ether oxygens (including phenoxy) is 1. The molecule has 0 aliphatic heterocycles. The zero-order valence-electron chi connectivity index (χ0n) is 18.7. The lowest BCUT2D eigenvalue weighted by Crippen LogP contribution is -2.51. The summed E-state index contributed by atoms with van der Waals surface area (Å²) in [6.07, 6.45) is 5.31. The number of H-pyrrole nitrogens is 1. The SMILES string of the molecule is Cn1nc(-c2cnc3[nH]cc(OC(=O)NC4(c5ccc(Br)cc5)CCC4)c3n2)c2ccc(F)cc21. The average molecular weight is 535 g/mol. The van der Waals surface area contributed by atoms with Crippen molar-refractivity contribution in [2.45, 2.75) is 24.8 Å². The predicted molar refractivity (Wildman–Crippen MR) is 132 cm³/mol. The normalized spacial score (nSPS) is 14.7. The number of carbonyl (C=O) groups is 1. The third-order valence-electron chi connectivity index (χ3n) is 6.55. The van der Waals surface area contributed by atoms with E-state index in [2.05, 4.69) is 41.3 Å². The van der Waals surface area contributed by atoms with Crippen molar-refractivity contribution in [2.75, 3.05) is 0 Å². The van der Waals surface area contributed by atoms with Crippen LogP contribution in [0.3, 0.4) is 0 Å². The minimum atomic E-state index is -0.556. The number of hydrogen-bond donors (Lipinski definition) is 2. The maximum absolute atomic E-state index is 13.7. The maximum Gasteiger partial charge on any atom is 0.413 e. The fourth-order valence-electron chi connectivity index (χ4n) is 4.59. The first kappa shape index (κ1) is 21.7. The van der Waals surface area contributed by atoms with E-state index in [4.69, 9.17) is 4.74 Å². The van der Waals surface area contributed by atoms with Crippen molar-refractivity contribution in [2.24, 2.45) is 7.05 Å². The fraction of sp³-hybridized carbons (Fsp3) is 0.200. The lowest BCUT2D eigenvalue weighted by Gasteiger charge is -2.42. The van der Waals surface area contributed by atoms with Crippen LogP contribution >= 0.6 is 15.9 Å². The molecule has 1 fully saturated rings. The Kier molecular flexibility index (Phi) is 5.06. The van der Waals surface area contributed by atoms with Crippen molar-refractivity contribution in [1.82, 2.24) is 30.0 Å². The van der Waals surface area contributed by atoms with Crippen molar-refractivity contribution in [3.05, 3.63) is 70.7 Å². The fourth-order valence-corrected chi connectivity index (χ4v) is 4.85. The first-order chi connectivity index (χ1) is 16.9. The molecule has 0 unspecified atom stereocenters. The van der Waals surface area contributed by atoms with Gasteiger partial charge >= 0.3 is 6.09 Å². The second kappa shape index (κ2) is 8.16. The third-order valence-corrected chi connectivity index (χ3v) is 7.08. The summed E-state index contributed by atoms with van der Waals surface area (Å²) in [6.45, 7) is 0. The highest BCUT2D eigenvalue weighted by molar-refractivity contribution is 9.10. The van der Waals surface area contributed by atoms with Crippen LogP contribution < -0.4 is 10.1 Å². The van der Waals surface area contributed by atoms with Gasteiger partial charge in [0.2, 0.25) is 0 Å². The van der Waals surface area contributed by atoms with Gasteiger partial charge in [-0.25, -0.2) is 19.2 Å². The summed E-state index contributed by atoms with van der Waals surface area (Å²) >= 11 is 3.46. The van der Waals surface area contributed by atoms with E-state index in [9.17, 15) is 9.18 Å². The number of aromatic amines is 1. The van der Waals surface area contributed by atoms with E-state index >= 15 is 0 Å². The van der Waals surface area contributed by atoms with Gasteiger partial charge in [0.1, 0.15) is 17.2 Å². The van der Waals surface area contributed by atoms with Gasteiger partial charge in [-0.05, 0) is 55.2 Å². The molecule has 1 saturated carbocycles. The van der Waals surface area contributed by atoms with E-state index in [-0.39, 0.29) is 11.6 Å². The molecule has 2 N–H and O–H groups in total.